The second kappa shape index (κ2) is 5.14. The smallest absolute Gasteiger partial charge is 0.0388 e. The zero-order chi connectivity index (χ0) is 11.4. The van der Waals surface area contributed by atoms with Gasteiger partial charge < -0.3 is 11.1 Å². The molecule has 1 aromatic heterocycles. The minimum Gasteiger partial charge on any atom is -0.398 e. The van der Waals surface area contributed by atoms with Crippen molar-refractivity contribution in [2.24, 2.45) is 0 Å². The summed E-state index contributed by atoms with van der Waals surface area (Å²) in [5.41, 5.74) is 7.90. The molecule has 1 heterocycles. The minimum absolute atomic E-state index is 0.375. The summed E-state index contributed by atoms with van der Waals surface area (Å²) >= 11 is 1.78. The van der Waals surface area contributed by atoms with E-state index in [0.29, 0.717) is 6.04 Å². The molecule has 0 radical (unpaired) electrons. The first kappa shape index (κ1) is 11.2. The van der Waals surface area contributed by atoms with Crippen molar-refractivity contribution in [1.29, 1.82) is 0 Å². The molecule has 0 aliphatic rings. The first-order valence-corrected chi connectivity index (χ1v) is 6.25. The van der Waals surface area contributed by atoms with Gasteiger partial charge in [0.25, 0.3) is 0 Å². The van der Waals surface area contributed by atoms with Crippen LogP contribution in [0.1, 0.15) is 23.4 Å². The largest absolute Gasteiger partial charge is 0.398 e. The Morgan fingerprint density at radius 3 is 2.75 bits per heavy atom. The van der Waals surface area contributed by atoms with Gasteiger partial charge in [0.15, 0.2) is 0 Å². The van der Waals surface area contributed by atoms with Gasteiger partial charge >= 0.3 is 0 Å². The van der Waals surface area contributed by atoms with Gasteiger partial charge in [0, 0.05) is 23.2 Å². The first-order chi connectivity index (χ1) is 7.77. The monoisotopic (exact) mass is 232 g/mol. The SMILES string of the molecule is CC(NCc1ccccc1N)c1cccs1. The number of nitrogen functional groups attached to an aromatic ring is 1. The molecule has 0 saturated carbocycles. The van der Waals surface area contributed by atoms with Gasteiger partial charge in [-0.3, -0.25) is 0 Å². The zero-order valence-corrected chi connectivity index (χ0v) is 10.1. The Kier molecular flexibility index (Phi) is 3.59. The van der Waals surface area contributed by atoms with Crippen molar-refractivity contribution in [1.82, 2.24) is 5.32 Å². The first-order valence-electron chi connectivity index (χ1n) is 5.37. The maximum Gasteiger partial charge on any atom is 0.0388 e. The molecule has 3 heteroatoms. The van der Waals surface area contributed by atoms with Gasteiger partial charge in [0.05, 0.1) is 0 Å². The molecule has 0 bridgehead atoms. The van der Waals surface area contributed by atoms with Crippen molar-refractivity contribution in [2.75, 3.05) is 5.73 Å². The van der Waals surface area contributed by atoms with Crippen molar-refractivity contribution >= 4 is 17.0 Å². The fourth-order valence-corrected chi connectivity index (χ4v) is 2.36. The van der Waals surface area contributed by atoms with E-state index in [-0.39, 0.29) is 0 Å². The Morgan fingerprint density at radius 2 is 2.06 bits per heavy atom. The number of nitrogens with one attached hydrogen (secondary N) is 1. The number of anilines is 1. The summed E-state index contributed by atoms with van der Waals surface area (Å²) in [5, 5.41) is 5.57. The van der Waals surface area contributed by atoms with Crippen molar-refractivity contribution in [2.45, 2.75) is 19.5 Å². The average Bonchev–Trinajstić information content (AvgIpc) is 2.81. The molecule has 3 N–H and O–H groups in total. The molecule has 1 atom stereocenters. The number of hydrogen-bond donors (Lipinski definition) is 2. The quantitative estimate of drug-likeness (QED) is 0.795. The highest BCUT2D eigenvalue weighted by Crippen LogP contribution is 2.19. The van der Waals surface area contributed by atoms with Crippen LogP contribution >= 0.6 is 11.3 Å². The molecule has 1 unspecified atom stereocenters. The van der Waals surface area contributed by atoms with E-state index in [9.17, 15) is 0 Å². The lowest BCUT2D eigenvalue weighted by Gasteiger charge is -2.13. The molecule has 0 spiro atoms. The van der Waals surface area contributed by atoms with Gasteiger partial charge in [-0.1, -0.05) is 24.3 Å². The molecule has 0 aliphatic heterocycles. The van der Waals surface area contributed by atoms with Crippen LogP contribution in [-0.4, -0.2) is 0 Å². The summed E-state index contributed by atoms with van der Waals surface area (Å²) in [6, 6.07) is 12.6. The highest BCUT2D eigenvalue weighted by molar-refractivity contribution is 7.10. The molecule has 2 aromatic rings. The van der Waals surface area contributed by atoms with E-state index in [1.54, 1.807) is 11.3 Å². The van der Waals surface area contributed by atoms with Crippen LogP contribution in [0, 0.1) is 0 Å². The van der Waals surface area contributed by atoms with Crippen LogP contribution in [-0.2, 0) is 6.54 Å². The van der Waals surface area contributed by atoms with Crippen molar-refractivity contribution in [3.8, 4) is 0 Å². The molecular formula is C13H16N2S. The minimum atomic E-state index is 0.375. The number of thiophene rings is 1. The molecular weight excluding hydrogens is 216 g/mol. The third-order valence-corrected chi connectivity index (χ3v) is 3.68. The second-order valence-electron chi connectivity index (χ2n) is 3.82. The normalized spacial score (nSPS) is 12.6. The van der Waals surface area contributed by atoms with E-state index in [0.717, 1.165) is 17.8 Å². The number of nitrogens with two attached hydrogens (primary N) is 1. The predicted molar refractivity (Wildman–Crippen MR) is 70.4 cm³/mol. The lowest BCUT2D eigenvalue weighted by atomic mass is 10.1. The van der Waals surface area contributed by atoms with E-state index in [1.165, 1.54) is 4.88 Å². The van der Waals surface area contributed by atoms with Crippen LogP contribution in [0.2, 0.25) is 0 Å². The van der Waals surface area contributed by atoms with Gasteiger partial charge in [-0.25, -0.2) is 0 Å². The van der Waals surface area contributed by atoms with Gasteiger partial charge in [0.2, 0.25) is 0 Å². The summed E-state index contributed by atoms with van der Waals surface area (Å²) in [6.07, 6.45) is 0. The summed E-state index contributed by atoms with van der Waals surface area (Å²) in [7, 11) is 0. The van der Waals surface area contributed by atoms with Crippen LogP contribution in [0.15, 0.2) is 41.8 Å². The molecule has 84 valence electrons. The van der Waals surface area contributed by atoms with E-state index >= 15 is 0 Å². The van der Waals surface area contributed by atoms with Crippen LogP contribution < -0.4 is 11.1 Å². The summed E-state index contributed by atoms with van der Waals surface area (Å²) < 4.78 is 0. The van der Waals surface area contributed by atoms with E-state index < -0.39 is 0 Å². The standard InChI is InChI=1S/C13H16N2S/c1-10(13-7-4-8-16-13)15-9-11-5-2-3-6-12(11)14/h2-8,10,15H,9,14H2,1H3. The van der Waals surface area contributed by atoms with Crippen LogP contribution in [0.4, 0.5) is 5.69 Å². The van der Waals surface area contributed by atoms with Gasteiger partial charge in [-0.05, 0) is 30.0 Å². The highest BCUT2D eigenvalue weighted by Gasteiger charge is 2.06. The average molecular weight is 232 g/mol. The summed E-state index contributed by atoms with van der Waals surface area (Å²) in [5.74, 6) is 0. The molecule has 16 heavy (non-hydrogen) atoms. The van der Waals surface area contributed by atoms with Crippen molar-refractivity contribution in [3.05, 3.63) is 52.2 Å². The fraction of sp³-hybridized carbons (Fsp3) is 0.231. The molecule has 0 fully saturated rings. The van der Waals surface area contributed by atoms with Crippen LogP contribution in [0.3, 0.4) is 0 Å². The molecule has 1 aromatic carbocycles. The maximum absolute atomic E-state index is 5.89. The van der Waals surface area contributed by atoms with Crippen LogP contribution in [0.5, 0.6) is 0 Å². The van der Waals surface area contributed by atoms with Crippen molar-refractivity contribution in [3.63, 3.8) is 0 Å². The number of para-hydroxylation sites is 1. The Bertz CT molecular complexity index is 437. The molecule has 2 nitrogen and oxygen atoms in total. The van der Waals surface area contributed by atoms with Gasteiger partial charge in [-0.15, -0.1) is 11.3 Å². The lowest BCUT2D eigenvalue weighted by Crippen LogP contribution is -2.17. The number of benzene rings is 1. The van der Waals surface area contributed by atoms with E-state index in [4.69, 9.17) is 5.73 Å². The van der Waals surface area contributed by atoms with E-state index in [1.807, 2.05) is 18.2 Å². The number of rotatable bonds is 4. The van der Waals surface area contributed by atoms with Crippen LogP contribution in [0.25, 0.3) is 0 Å². The summed E-state index contributed by atoms with van der Waals surface area (Å²) in [4.78, 5) is 1.36. The van der Waals surface area contributed by atoms with E-state index in [2.05, 4.69) is 35.8 Å². The Labute approximate surface area is 100 Å². The third-order valence-electron chi connectivity index (χ3n) is 2.62. The van der Waals surface area contributed by atoms with Gasteiger partial charge in [0.1, 0.15) is 0 Å². The Morgan fingerprint density at radius 1 is 1.25 bits per heavy atom. The fourth-order valence-electron chi connectivity index (χ4n) is 1.60. The lowest BCUT2D eigenvalue weighted by molar-refractivity contribution is 0.584. The number of hydrogen-bond acceptors (Lipinski definition) is 3. The Balaban J connectivity index is 1.95. The maximum atomic E-state index is 5.89. The second-order valence-corrected chi connectivity index (χ2v) is 4.80. The molecule has 0 amide bonds. The predicted octanol–water partition coefficient (Wildman–Crippen LogP) is 3.18. The zero-order valence-electron chi connectivity index (χ0n) is 9.31. The summed E-state index contributed by atoms with van der Waals surface area (Å²) in [6.45, 7) is 2.98. The van der Waals surface area contributed by atoms with Crippen molar-refractivity contribution < 1.29 is 0 Å². The Hall–Kier alpha value is -1.32. The van der Waals surface area contributed by atoms with Gasteiger partial charge in [-0.2, -0.15) is 0 Å². The highest BCUT2D eigenvalue weighted by atomic mass is 32.1. The molecule has 0 aliphatic carbocycles. The topological polar surface area (TPSA) is 38.0 Å². The molecule has 0 saturated heterocycles. The third kappa shape index (κ3) is 2.62. The molecule has 2 rings (SSSR count).